The maximum Gasteiger partial charge on any atom is 0.198 e. The van der Waals surface area contributed by atoms with Gasteiger partial charge < -0.3 is 9.47 Å². The Bertz CT molecular complexity index is 469. The Kier molecular flexibility index (Phi) is 2.86. The van der Waals surface area contributed by atoms with Crippen molar-refractivity contribution in [2.45, 2.75) is 37.7 Å². The number of methoxy groups -OCH3 is 1. The molecule has 1 fully saturated rings. The molecular weight excluding hydrogens is 228 g/mol. The van der Waals surface area contributed by atoms with E-state index in [0.29, 0.717) is 12.2 Å². The van der Waals surface area contributed by atoms with Crippen LogP contribution >= 0.6 is 0 Å². The van der Waals surface area contributed by atoms with E-state index in [9.17, 15) is 4.79 Å². The number of ketones is 1. The SMILES string of the molecule is COC1(C(=O)c2cccc3c2OCCC3)CCC1. The van der Waals surface area contributed by atoms with Gasteiger partial charge in [0, 0.05) is 7.11 Å². The van der Waals surface area contributed by atoms with E-state index in [1.807, 2.05) is 18.2 Å². The highest BCUT2D eigenvalue weighted by molar-refractivity contribution is 6.05. The van der Waals surface area contributed by atoms with Gasteiger partial charge in [-0.15, -0.1) is 0 Å². The van der Waals surface area contributed by atoms with Gasteiger partial charge in [0.1, 0.15) is 11.4 Å². The first kappa shape index (κ1) is 11.7. The summed E-state index contributed by atoms with van der Waals surface area (Å²) in [4.78, 5) is 12.6. The molecule has 1 aromatic carbocycles. The predicted octanol–water partition coefficient (Wildman–Crippen LogP) is 2.76. The molecule has 0 saturated heterocycles. The molecule has 18 heavy (non-hydrogen) atoms. The van der Waals surface area contributed by atoms with Crippen LogP contribution in [0, 0.1) is 0 Å². The number of carbonyl (C=O) groups is 1. The molecule has 0 spiro atoms. The standard InChI is InChI=1S/C15H18O3/c1-17-15(8-4-9-15)14(16)12-7-2-5-11-6-3-10-18-13(11)12/h2,5,7H,3-4,6,8-10H2,1H3. The van der Waals surface area contributed by atoms with Crippen molar-refractivity contribution < 1.29 is 14.3 Å². The van der Waals surface area contributed by atoms with Crippen LogP contribution in [0.3, 0.4) is 0 Å². The van der Waals surface area contributed by atoms with E-state index in [1.54, 1.807) is 7.11 Å². The first-order valence-electron chi connectivity index (χ1n) is 6.61. The molecule has 3 rings (SSSR count). The first-order chi connectivity index (χ1) is 8.77. The number of hydrogen-bond donors (Lipinski definition) is 0. The minimum atomic E-state index is -0.587. The summed E-state index contributed by atoms with van der Waals surface area (Å²) < 4.78 is 11.2. The molecule has 0 N–H and O–H groups in total. The van der Waals surface area contributed by atoms with E-state index >= 15 is 0 Å². The summed E-state index contributed by atoms with van der Waals surface area (Å²) in [6.45, 7) is 0.706. The fourth-order valence-electron chi connectivity index (χ4n) is 2.84. The highest BCUT2D eigenvalue weighted by Gasteiger charge is 2.45. The third kappa shape index (κ3) is 1.65. The van der Waals surface area contributed by atoms with Crippen molar-refractivity contribution in [3.05, 3.63) is 29.3 Å². The molecule has 3 heteroatoms. The third-order valence-electron chi connectivity index (χ3n) is 4.14. The number of Topliss-reactive ketones (excluding diaryl/α,β-unsaturated/α-hetero) is 1. The molecule has 1 aliphatic heterocycles. The van der Waals surface area contributed by atoms with Gasteiger partial charge in [-0.25, -0.2) is 0 Å². The normalized spacial score (nSPS) is 20.5. The number of ether oxygens (including phenoxy) is 2. The summed E-state index contributed by atoms with van der Waals surface area (Å²) in [7, 11) is 1.63. The van der Waals surface area contributed by atoms with Crippen LogP contribution in [-0.2, 0) is 11.2 Å². The molecule has 96 valence electrons. The number of rotatable bonds is 3. The fourth-order valence-corrected chi connectivity index (χ4v) is 2.84. The second-order valence-corrected chi connectivity index (χ2v) is 5.13. The molecule has 0 aromatic heterocycles. The van der Waals surface area contributed by atoms with Gasteiger partial charge >= 0.3 is 0 Å². The summed E-state index contributed by atoms with van der Waals surface area (Å²) in [5.41, 5.74) is 1.27. The monoisotopic (exact) mass is 246 g/mol. The van der Waals surface area contributed by atoms with Crippen molar-refractivity contribution in [1.82, 2.24) is 0 Å². The number of para-hydroxylation sites is 1. The van der Waals surface area contributed by atoms with E-state index in [0.717, 1.165) is 43.4 Å². The number of fused-ring (bicyclic) bond motifs is 1. The number of benzene rings is 1. The average Bonchev–Trinajstić information content (AvgIpc) is 2.37. The zero-order valence-corrected chi connectivity index (χ0v) is 10.7. The first-order valence-corrected chi connectivity index (χ1v) is 6.61. The maximum absolute atomic E-state index is 12.6. The van der Waals surface area contributed by atoms with Gasteiger partial charge in [-0.1, -0.05) is 12.1 Å². The molecule has 0 bridgehead atoms. The zero-order valence-electron chi connectivity index (χ0n) is 10.7. The van der Waals surface area contributed by atoms with Crippen LogP contribution in [0.4, 0.5) is 0 Å². The number of carbonyl (C=O) groups excluding carboxylic acids is 1. The summed E-state index contributed by atoms with van der Waals surface area (Å²) in [5, 5.41) is 0. The fraction of sp³-hybridized carbons (Fsp3) is 0.533. The molecule has 0 atom stereocenters. The van der Waals surface area contributed by atoms with Gasteiger partial charge in [0.2, 0.25) is 0 Å². The highest BCUT2D eigenvalue weighted by atomic mass is 16.5. The van der Waals surface area contributed by atoms with Crippen LogP contribution in [0.5, 0.6) is 5.75 Å². The largest absolute Gasteiger partial charge is 0.493 e. The molecule has 2 aliphatic rings. The van der Waals surface area contributed by atoms with Crippen molar-refractivity contribution in [2.24, 2.45) is 0 Å². The molecule has 3 nitrogen and oxygen atoms in total. The Hall–Kier alpha value is -1.35. The Balaban J connectivity index is 1.99. The second kappa shape index (κ2) is 4.39. The third-order valence-corrected chi connectivity index (χ3v) is 4.14. The van der Waals surface area contributed by atoms with Crippen LogP contribution in [0.25, 0.3) is 0 Å². The molecule has 1 saturated carbocycles. The topological polar surface area (TPSA) is 35.5 Å². The predicted molar refractivity (Wildman–Crippen MR) is 68.2 cm³/mol. The van der Waals surface area contributed by atoms with Gasteiger partial charge in [-0.2, -0.15) is 0 Å². The number of hydrogen-bond acceptors (Lipinski definition) is 3. The highest BCUT2D eigenvalue weighted by Crippen LogP contribution is 2.41. The van der Waals surface area contributed by atoms with Gasteiger partial charge in [0.05, 0.1) is 12.2 Å². The lowest BCUT2D eigenvalue weighted by molar-refractivity contribution is -0.0450. The Morgan fingerprint density at radius 2 is 2.17 bits per heavy atom. The molecule has 1 heterocycles. The van der Waals surface area contributed by atoms with Crippen molar-refractivity contribution in [1.29, 1.82) is 0 Å². The van der Waals surface area contributed by atoms with Crippen LogP contribution in [-0.4, -0.2) is 25.1 Å². The quantitative estimate of drug-likeness (QED) is 0.769. The molecule has 1 aromatic rings. The van der Waals surface area contributed by atoms with Crippen molar-refractivity contribution in [3.63, 3.8) is 0 Å². The van der Waals surface area contributed by atoms with E-state index in [4.69, 9.17) is 9.47 Å². The van der Waals surface area contributed by atoms with E-state index < -0.39 is 5.60 Å². The summed E-state index contributed by atoms with van der Waals surface area (Å²) >= 11 is 0. The Morgan fingerprint density at radius 3 is 2.83 bits per heavy atom. The summed E-state index contributed by atoms with van der Waals surface area (Å²) in [6.07, 6.45) is 4.74. The van der Waals surface area contributed by atoms with E-state index in [-0.39, 0.29) is 5.78 Å². The lowest BCUT2D eigenvalue weighted by atomic mass is 9.74. The maximum atomic E-state index is 12.6. The lowest BCUT2D eigenvalue weighted by Crippen LogP contribution is -2.47. The lowest BCUT2D eigenvalue weighted by Gasteiger charge is -2.39. The summed E-state index contributed by atoms with van der Waals surface area (Å²) in [6, 6.07) is 5.86. The minimum Gasteiger partial charge on any atom is -0.493 e. The molecular formula is C15H18O3. The molecule has 0 unspecified atom stereocenters. The minimum absolute atomic E-state index is 0.0926. The van der Waals surface area contributed by atoms with Crippen molar-refractivity contribution in [2.75, 3.05) is 13.7 Å². The molecule has 0 amide bonds. The van der Waals surface area contributed by atoms with Crippen LogP contribution < -0.4 is 4.74 Å². The molecule has 0 radical (unpaired) electrons. The van der Waals surface area contributed by atoms with Crippen molar-refractivity contribution in [3.8, 4) is 5.75 Å². The molecule has 1 aliphatic carbocycles. The number of aryl methyl sites for hydroxylation is 1. The van der Waals surface area contributed by atoms with E-state index in [1.165, 1.54) is 0 Å². The second-order valence-electron chi connectivity index (χ2n) is 5.13. The van der Waals surface area contributed by atoms with Crippen LogP contribution in [0.15, 0.2) is 18.2 Å². The zero-order chi connectivity index (χ0) is 12.6. The van der Waals surface area contributed by atoms with Gasteiger partial charge in [0.15, 0.2) is 5.78 Å². The van der Waals surface area contributed by atoms with Gasteiger partial charge in [-0.05, 0) is 43.7 Å². The van der Waals surface area contributed by atoms with Gasteiger partial charge in [0.25, 0.3) is 0 Å². The van der Waals surface area contributed by atoms with Crippen molar-refractivity contribution >= 4 is 5.78 Å². The average molecular weight is 246 g/mol. The van der Waals surface area contributed by atoms with E-state index in [2.05, 4.69) is 0 Å². The Labute approximate surface area is 107 Å². The van der Waals surface area contributed by atoms with Crippen LogP contribution in [0.1, 0.15) is 41.6 Å². The Morgan fingerprint density at radius 1 is 1.33 bits per heavy atom. The summed E-state index contributed by atoms with van der Waals surface area (Å²) in [5.74, 6) is 0.882. The smallest absolute Gasteiger partial charge is 0.198 e. The van der Waals surface area contributed by atoms with Gasteiger partial charge in [-0.3, -0.25) is 4.79 Å². The van der Waals surface area contributed by atoms with Crippen LogP contribution in [0.2, 0.25) is 0 Å².